The van der Waals surface area contributed by atoms with Gasteiger partial charge in [-0.25, -0.2) is 4.98 Å². The first kappa shape index (κ1) is 17.5. The van der Waals surface area contributed by atoms with Gasteiger partial charge in [-0.3, -0.25) is 14.7 Å². The molecule has 7 nitrogen and oxygen atoms in total. The molecule has 132 valence electrons. The Morgan fingerprint density at radius 2 is 2.04 bits per heavy atom. The molecule has 3 N–H and O–H groups in total. The van der Waals surface area contributed by atoms with E-state index in [9.17, 15) is 9.59 Å². The third-order valence-electron chi connectivity index (χ3n) is 4.05. The van der Waals surface area contributed by atoms with E-state index >= 15 is 0 Å². The Balaban J connectivity index is 1.59. The average molecular weight is 359 g/mol. The SMILES string of the molecule is Cc1nc(SCC(=O)Nc2ccccc2C(=O)NC2CCCC2)n[nH]1. The van der Waals surface area contributed by atoms with Gasteiger partial charge in [-0.2, -0.15) is 0 Å². The molecule has 0 unspecified atom stereocenters. The van der Waals surface area contributed by atoms with E-state index in [2.05, 4.69) is 25.8 Å². The highest BCUT2D eigenvalue weighted by molar-refractivity contribution is 7.99. The molecule has 1 heterocycles. The van der Waals surface area contributed by atoms with E-state index in [-0.39, 0.29) is 23.6 Å². The highest BCUT2D eigenvalue weighted by atomic mass is 32.2. The molecule has 1 aliphatic carbocycles. The predicted octanol–water partition coefficient (Wildman–Crippen LogP) is 2.52. The number of carbonyl (C=O) groups is 2. The summed E-state index contributed by atoms with van der Waals surface area (Å²) in [5.41, 5.74) is 1.01. The fourth-order valence-electron chi connectivity index (χ4n) is 2.83. The maximum absolute atomic E-state index is 12.5. The van der Waals surface area contributed by atoms with Gasteiger partial charge in [-0.15, -0.1) is 5.10 Å². The van der Waals surface area contributed by atoms with E-state index in [0.717, 1.165) is 25.7 Å². The normalized spacial score (nSPS) is 14.4. The number of aromatic nitrogens is 3. The number of para-hydroxylation sites is 1. The van der Waals surface area contributed by atoms with Gasteiger partial charge in [-0.1, -0.05) is 36.7 Å². The Morgan fingerprint density at radius 1 is 1.28 bits per heavy atom. The second-order valence-corrected chi connectivity index (χ2v) is 6.98. The Labute approximate surface area is 150 Å². The molecule has 1 aromatic heterocycles. The predicted molar refractivity (Wildman–Crippen MR) is 96.6 cm³/mol. The fraction of sp³-hybridized carbons (Fsp3) is 0.412. The van der Waals surface area contributed by atoms with Gasteiger partial charge in [0.15, 0.2) is 0 Å². The average Bonchev–Trinajstić information content (AvgIpc) is 3.25. The van der Waals surface area contributed by atoms with Gasteiger partial charge in [-0.05, 0) is 31.9 Å². The second-order valence-electron chi connectivity index (χ2n) is 6.04. The minimum Gasteiger partial charge on any atom is -0.349 e. The van der Waals surface area contributed by atoms with Gasteiger partial charge >= 0.3 is 0 Å². The zero-order chi connectivity index (χ0) is 17.6. The fourth-order valence-corrected chi connectivity index (χ4v) is 3.47. The van der Waals surface area contributed by atoms with Crippen LogP contribution in [0, 0.1) is 6.92 Å². The summed E-state index contributed by atoms with van der Waals surface area (Å²) in [6, 6.07) is 7.30. The summed E-state index contributed by atoms with van der Waals surface area (Å²) in [6.45, 7) is 1.80. The molecule has 0 spiro atoms. The molecule has 25 heavy (non-hydrogen) atoms. The molecular formula is C17H21N5O2S. The minimum atomic E-state index is -0.200. The summed E-state index contributed by atoms with van der Waals surface area (Å²) in [4.78, 5) is 28.8. The third-order valence-corrected chi connectivity index (χ3v) is 4.89. The van der Waals surface area contributed by atoms with Crippen molar-refractivity contribution in [3.8, 4) is 0 Å². The van der Waals surface area contributed by atoms with Crippen molar-refractivity contribution in [1.82, 2.24) is 20.5 Å². The van der Waals surface area contributed by atoms with Gasteiger partial charge < -0.3 is 10.6 Å². The number of carbonyl (C=O) groups excluding carboxylic acids is 2. The highest BCUT2D eigenvalue weighted by Crippen LogP contribution is 2.21. The summed E-state index contributed by atoms with van der Waals surface area (Å²) >= 11 is 1.24. The van der Waals surface area contributed by atoms with Gasteiger partial charge in [0.2, 0.25) is 11.1 Å². The van der Waals surface area contributed by atoms with Crippen molar-refractivity contribution >= 4 is 29.3 Å². The minimum absolute atomic E-state index is 0.139. The van der Waals surface area contributed by atoms with Crippen molar-refractivity contribution in [2.45, 2.75) is 43.8 Å². The first-order valence-electron chi connectivity index (χ1n) is 8.33. The number of anilines is 1. The topological polar surface area (TPSA) is 99.8 Å². The number of hydrogen-bond acceptors (Lipinski definition) is 5. The first-order valence-corrected chi connectivity index (χ1v) is 9.32. The summed E-state index contributed by atoms with van der Waals surface area (Å²) in [5, 5.41) is 13.1. The maximum Gasteiger partial charge on any atom is 0.253 e. The van der Waals surface area contributed by atoms with Crippen LogP contribution in [-0.2, 0) is 4.79 Å². The molecule has 0 saturated heterocycles. The smallest absolute Gasteiger partial charge is 0.253 e. The lowest BCUT2D eigenvalue weighted by Gasteiger charge is -2.14. The molecular weight excluding hydrogens is 338 g/mol. The molecule has 1 fully saturated rings. The Hall–Kier alpha value is -2.35. The lowest BCUT2D eigenvalue weighted by atomic mass is 10.1. The number of thioether (sulfide) groups is 1. The number of aryl methyl sites for hydroxylation is 1. The van der Waals surface area contributed by atoms with Crippen LogP contribution in [0.4, 0.5) is 5.69 Å². The third kappa shape index (κ3) is 4.82. The van der Waals surface area contributed by atoms with Crippen molar-refractivity contribution in [2.24, 2.45) is 0 Å². The molecule has 0 radical (unpaired) electrons. The van der Waals surface area contributed by atoms with E-state index in [0.29, 0.717) is 22.2 Å². The summed E-state index contributed by atoms with van der Waals surface area (Å²) in [5.74, 6) is 0.543. The molecule has 1 aromatic carbocycles. The van der Waals surface area contributed by atoms with Gasteiger partial charge in [0.05, 0.1) is 17.0 Å². The number of hydrogen-bond donors (Lipinski definition) is 3. The van der Waals surface area contributed by atoms with Crippen LogP contribution in [0.3, 0.4) is 0 Å². The first-order chi connectivity index (χ1) is 12.1. The second kappa shape index (κ2) is 8.15. The summed E-state index contributed by atoms with van der Waals surface area (Å²) in [7, 11) is 0. The van der Waals surface area contributed by atoms with Crippen molar-refractivity contribution in [1.29, 1.82) is 0 Å². The van der Waals surface area contributed by atoms with E-state index < -0.39 is 0 Å². The van der Waals surface area contributed by atoms with Crippen LogP contribution in [0.15, 0.2) is 29.4 Å². The Bertz CT molecular complexity index is 755. The van der Waals surface area contributed by atoms with Crippen molar-refractivity contribution in [3.05, 3.63) is 35.7 Å². The molecule has 0 atom stereocenters. The number of nitrogens with one attached hydrogen (secondary N) is 3. The van der Waals surface area contributed by atoms with Crippen LogP contribution in [0.1, 0.15) is 41.9 Å². The summed E-state index contributed by atoms with van der Waals surface area (Å²) < 4.78 is 0. The van der Waals surface area contributed by atoms with Crippen molar-refractivity contribution < 1.29 is 9.59 Å². The van der Waals surface area contributed by atoms with Crippen LogP contribution in [-0.4, -0.2) is 38.8 Å². The van der Waals surface area contributed by atoms with Crippen LogP contribution >= 0.6 is 11.8 Å². The molecule has 0 aliphatic heterocycles. The number of H-pyrrole nitrogens is 1. The number of nitrogens with zero attached hydrogens (tertiary/aromatic N) is 2. The zero-order valence-corrected chi connectivity index (χ0v) is 14.9. The largest absolute Gasteiger partial charge is 0.349 e. The monoisotopic (exact) mass is 359 g/mol. The lowest BCUT2D eigenvalue weighted by molar-refractivity contribution is -0.113. The van der Waals surface area contributed by atoms with Crippen LogP contribution in [0.5, 0.6) is 0 Å². The lowest BCUT2D eigenvalue weighted by Crippen LogP contribution is -2.33. The number of aromatic amines is 1. The van der Waals surface area contributed by atoms with E-state index in [1.807, 2.05) is 0 Å². The molecule has 0 bridgehead atoms. The number of benzene rings is 1. The molecule has 2 amide bonds. The van der Waals surface area contributed by atoms with Gasteiger partial charge in [0.25, 0.3) is 5.91 Å². The van der Waals surface area contributed by atoms with E-state index in [1.54, 1.807) is 31.2 Å². The van der Waals surface area contributed by atoms with Crippen LogP contribution in [0.25, 0.3) is 0 Å². The van der Waals surface area contributed by atoms with Gasteiger partial charge in [0, 0.05) is 6.04 Å². The highest BCUT2D eigenvalue weighted by Gasteiger charge is 2.20. The standard InChI is InChI=1S/C17H21N5O2S/c1-11-18-17(22-21-11)25-10-15(23)20-14-9-5-4-8-13(14)16(24)19-12-6-2-3-7-12/h4-5,8-9,12H,2-3,6-7,10H2,1H3,(H,19,24)(H,20,23)(H,18,21,22). The number of amides is 2. The molecule has 1 saturated carbocycles. The summed E-state index contributed by atoms with van der Waals surface area (Å²) in [6.07, 6.45) is 4.35. The molecule has 8 heteroatoms. The number of rotatable bonds is 6. The van der Waals surface area contributed by atoms with Crippen molar-refractivity contribution in [3.63, 3.8) is 0 Å². The molecule has 3 rings (SSSR count). The zero-order valence-electron chi connectivity index (χ0n) is 14.0. The Kier molecular flexibility index (Phi) is 5.70. The van der Waals surface area contributed by atoms with Crippen molar-refractivity contribution in [2.75, 3.05) is 11.1 Å². The van der Waals surface area contributed by atoms with Crippen LogP contribution in [0.2, 0.25) is 0 Å². The van der Waals surface area contributed by atoms with E-state index in [4.69, 9.17) is 0 Å². The molecule has 1 aliphatic rings. The van der Waals surface area contributed by atoms with Crippen LogP contribution < -0.4 is 10.6 Å². The quantitative estimate of drug-likeness (QED) is 0.688. The van der Waals surface area contributed by atoms with E-state index in [1.165, 1.54) is 11.8 Å². The Morgan fingerprint density at radius 3 is 2.76 bits per heavy atom. The molecule has 2 aromatic rings. The maximum atomic E-state index is 12.5. The van der Waals surface area contributed by atoms with Gasteiger partial charge in [0.1, 0.15) is 5.82 Å².